The largest absolute Gasteiger partial charge is 0.395 e. The van der Waals surface area contributed by atoms with Gasteiger partial charge in [-0.2, -0.15) is 0 Å². The second kappa shape index (κ2) is 7.67. The van der Waals surface area contributed by atoms with Gasteiger partial charge in [0, 0.05) is 12.6 Å². The predicted octanol–water partition coefficient (Wildman–Crippen LogP) is 1.56. The molecule has 1 N–H and O–H groups in total. The van der Waals surface area contributed by atoms with Crippen molar-refractivity contribution in [1.82, 2.24) is 4.90 Å². The van der Waals surface area contributed by atoms with E-state index in [-0.39, 0.29) is 25.2 Å². The Kier molecular flexibility index (Phi) is 6.52. The quantitative estimate of drug-likeness (QED) is 0.770. The van der Waals surface area contributed by atoms with E-state index in [0.717, 1.165) is 12.8 Å². The molecular weight excluding hydrogens is 218 g/mol. The highest BCUT2D eigenvalue weighted by molar-refractivity contribution is 5.77. The lowest BCUT2D eigenvalue weighted by atomic mass is 9.94. The minimum atomic E-state index is 0.0136. The number of rotatable bonds is 6. The van der Waals surface area contributed by atoms with Crippen molar-refractivity contribution in [1.29, 1.82) is 0 Å². The van der Waals surface area contributed by atoms with Crippen LogP contribution in [-0.4, -0.2) is 47.8 Å². The molecule has 0 heterocycles. The molecule has 4 nitrogen and oxygen atoms in total. The maximum atomic E-state index is 12.0. The summed E-state index contributed by atoms with van der Waals surface area (Å²) in [5.41, 5.74) is 0. The molecule has 1 saturated carbocycles. The molecule has 0 spiro atoms. The summed E-state index contributed by atoms with van der Waals surface area (Å²) in [5, 5.41) is 9.06. The fourth-order valence-electron chi connectivity index (χ4n) is 2.33. The molecule has 1 amide bonds. The molecular formula is C13H25NO3. The highest BCUT2D eigenvalue weighted by Crippen LogP contribution is 2.22. The van der Waals surface area contributed by atoms with E-state index >= 15 is 0 Å². The molecule has 0 aromatic carbocycles. The molecule has 0 aromatic heterocycles. The summed E-state index contributed by atoms with van der Waals surface area (Å²) in [6.07, 6.45) is 5.83. The van der Waals surface area contributed by atoms with Crippen LogP contribution in [0.5, 0.6) is 0 Å². The zero-order valence-corrected chi connectivity index (χ0v) is 11.0. The van der Waals surface area contributed by atoms with Crippen LogP contribution in [0.4, 0.5) is 0 Å². The Labute approximate surface area is 104 Å². The molecule has 1 aliphatic carbocycles. The topological polar surface area (TPSA) is 49.8 Å². The fraction of sp³-hybridized carbons (Fsp3) is 0.923. The van der Waals surface area contributed by atoms with Gasteiger partial charge in [0.2, 0.25) is 5.91 Å². The monoisotopic (exact) mass is 243 g/mol. The lowest BCUT2D eigenvalue weighted by Gasteiger charge is -2.34. The van der Waals surface area contributed by atoms with Crippen LogP contribution in [0.15, 0.2) is 0 Å². The van der Waals surface area contributed by atoms with Gasteiger partial charge < -0.3 is 14.7 Å². The molecule has 0 unspecified atom stereocenters. The van der Waals surface area contributed by atoms with Crippen LogP contribution < -0.4 is 0 Å². The van der Waals surface area contributed by atoms with Crippen molar-refractivity contribution in [2.24, 2.45) is 0 Å². The number of hydrogen-bond donors (Lipinski definition) is 1. The maximum Gasteiger partial charge on any atom is 0.248 e. The predicted molar refractivity (Wildman–Crippen MR) is 66.8 cm³/mol. The number of amides is 1. The second-order valence-electron chi connectivity index (χ2n) is 4.96. The van der Waals surface area contributed by atoms with Gasteiger partial charge in [-0.25, -0.2) is 0 Å². The molecule has 0 aliphatic heterocycles. The van der Waals surface area contributed by atoms with E-state index in [9.17, 15) is 4.79 Å². The molecule has 0 bridgehead atoms. The first kappa shape index (κ1) is 14.5. The van der Waals surface area contributed by atoms with E-state index in [2.05, 4.69) is 0 Å². The summed E-state index contributed by atoms with van der Waals surface area (Å²) in [6, 6.07) is 0.305. The van der Waals surface area contributed by atoms with Gasteiger partial charge in [-0.15, -0.1) is 0 Å². The Balaban J connectivity index is 2.47. The summed E-state index contributed by atoms with van der Waals surface area (Å²) in [6.45, 7) is 4.44. The number of carbonyl (C=O) groups excluding carboxylic acids is 1. The standard InChI is InChI=1S/C13H25NO3/c1-11(2)17-10-13(16)14(8-9-15)12-6-4-3-5-7-12/h11-12,15H,3-10H2,1-2H3. The third-order valence-electron chi connectivity index (χ3n) is 3.22. The van der Waals surface area contributed by atoms with Crippen molar-refractivity contribution in [3.05, 3.63) is 0 Å². The first-order valence-electron chi connectivity index (χ1n) is 6.67. The molecule has 1 fully saturated rings. The fourth-order valence-corrected chi connectivity index (χ4v) is 2.33. The third kappa shape index (κ3) is 5.04. The van der Waals surface area contributed by atoms with E-state index in [1.807, 2.05) is 18.7 Å². The van der Waals surface area contributed by atoms with Gasteiger partial charge in [0.1, 0.15) is 6.61 Å². The van der Waals surface area contributed by atoms with Gasteiger partial charge >= 0.3 is 0 Å². The number of nitrogens with zero attached hydrogens (tertiary/aromatic N) is 1. The van der Waals surface area contributed by atoms with Crippen molar-refractivity contribution in [2.75, 3.05) is 19.8 Å². The van der Waals surface area contributed by atoms with Crippen LogP contribution in [0.25, 0.3) is 0 Å². The molecule has 0 atom stereocenters. The Morgan fingerprint density at radius 2 is 2.00 bits per heavy atom. The molecule has 0 aromatic rings. The first-order valence-corrected chi connectivity index (χ1v) is 6.67. The lowest BCUT2D eigenvalue weighted by Crippen LogP contribution is -2.45. The Hall–Kier alpha value is -0.610. The van der Waals surface area contributed by atoms with Crippen LogP contribution in [-0.2, 0) is 9.53 Å². The zero-order valence-electron chi connectivity index (χ0n) is 11.0. The number of ether oxygens (including phenoxy) is 1. The van der Waals surface area contributed by atoms with Gasteiger partial charge in [0.05, 0.1) is 12.7 Å². The highest BCUT2D eigenvalue weighted by Gasteiger charge is 2.24. The number of hydrogen-bond acceptors (Lipinski definition) is 3. The normalized spacial score (nSPS) is 17.4. The molecule has 4 heteroatoms. The van der Waals surface area contributed by atoms with Crippen LogP contribution >= 0.6 is 0 Å². The van der Waals surface area contributed by atoms with Crippen molar-refractivity contribution in [3.8, 4) is 0 Å². The van der Waals surface area contributed by atoms with Crippen molar-refractivity contribution >= 4 is 5.91 Å². The van der Waals surface area contributed by atoms with Gasteiger partial charge in [-0.3, -0.25) is 4.79 Å². The minimum absolute atomic E-state index is 0.0136. The Bertz CT molecular complexity index is 225. The van der Waals surface area contributed by atoms with Crippen molar-refractivity contribution in [2.45, 2.75) is 58.1 Å². The molecule has 0 radical (unpaired) electrons. The van der Waals surface area contributed by atoms with E-state index in [4.69, 9.17) is 9.84 Å². The number of aliphatic hydroxyl groups excluding tert-OH is 1. The molecule has 17 heavy (non-hydrogen) atoms. The van der Waals surface area contributed by atoms with E-state index in [0.29, 0.717) is 12.6 Å². The lowest BCUT2D eigenvalue weighted by molar-refractivity contribution is -0.141. The van der Waals surface area contributed by atoms with E-state index in [1.54, 1.807) is 0 Å². The van der Waals surface area contributed by atoms with Crippen LogP contribution in [0.3, 0.4) is 0 Å². The number of aliphatic hydroxyl groups is 1. The molecule has 1 rings (SSSR count). The first-order chi connectivity index (χ1) is 8.15. The number of carbonyl (C=O) groups is 1. The second-order valence-corrected chi connectivity index (χ2v) is 4.96. The molecule has 100 valence electrons. The van der Waals surface area contributed by atoms with Crippen LogP contribution in [0.2, 0.25) is 0 Å². The van der Waals surface area contributed by atoms with Gasteiger partial charge in [0.15, 0.2) is 0 Å². The summed E-state index contributed by atoms with van der Waals surface area (Å²) in [4.78, 5) is 13.8. The summed E-state index contributed by atoms with van der Waals surface area (Å²) < 4.78 is 5.35. The van der Waals surface area contributed by atoms with Gasteiger partial charge in [-0.05, 0) is 26.7 Å². The van der Waals surface area contributed by atoms with Crippen LogP contribution in [0.1, 0.15) is 46.0 Å². The van der Waals surface area contributed by atoms with Gasteiger partial charge in [0.25, 0.3) is 0 Å². The Morgan fingerprint density at radius 3 is 2.53 bits per heavy atom. The third-order valence-corrected chi connectivity index (χ3v) is 3.22. The van der Waals surface area contributed by atoms with Crippen LogP contribution in [0, 0.1) is 0 Å². The highest BCUT2D eigenvalue weighted by atomic mass is 16.5. The Morgan fingerprint density at radius 1 is 1.35 bits per heavy atom. The van der Waals surface area contributed by atoms with E-state index < -0.39 is 0 Å². The smallest absolute Gasteiger partial charge is 0.248 e. The average Bonchev–Trinajstić information content (AvgIpc) is 2.34. The summed E-state index contributed by atoms with van der Waals surface area (Å²) in [7, 11) is 0. The minimum Gasteiger partial charge on any atom is -0.395 e. The van der Waals surface area contributed by atoms with Crippen molar-refractivity contribution < 1.29 is 14.6 Å². The zero-order chi connectivity index (χ0) is 12.7. The molecule has 0 saturated heterocycles. The maximum absolute atomic E-state index is 12.0. The molecule has 1 aliphatic rings. The van der Waals surface area contributed by atoms with E-state index in [1.165, 1.54) is 19.3 Å². The SMILES string of the molecule is CC(C)OCC(=O)N(CCO)C1CCCCC1. The summed E-state index contributed by atoms with van der Waals surface area (Å²) >= 11 is 0. The average molecular weight is 243 g/mol. The van der Waals surface area contributed by atoms with Gasteiger partial charge in [-0.1, -0.05) is 19.3 Å². The van der Waals surface area contributed by atoms with Crippen molar-refractivity contribution in [3.63, 3.8) is 0 Å². The summed E-state index contributed by atoms with van der Waals surface area (Å²) in [5.74, 6) is 0.0136.